The van der Waals surface area contributed by atoms with E-state index >= 15 is 0 Å². The van der Waals surface area contributed by atoms with Crippen LogP contribution < -0.4 is 15.0 Å². The zero-order valence-corrected chi connectivity index (χ0v) is 19.4. The fourth-order valence-corrected chi connectivity index (χ4v) is 4.78. The van der Waals surface area contributed by atoms with Crippen molar-refractivity contribution in [2.75, 3.05) is 12.0 Å². The van der Waals surface area contributed by atoms with Crippen LogP contribution in [0.4, 0.5) is 18.9 Å². The lowest BCUT2D eigenvalue weighted by molar-refractivity contribution is -0.137. The number of hydrogen-bond acceptors (Lipinski definition) is 3. The lowest BCUT2D eigenvalue weighted by Gasteiger charge is -2.30. The lowest BCUT2D eigenvalue weighted by atomic mass is 10.0. The molecule has 178 valence electrons. The number of anilines is 1. The van der Waals surface area contributed by atoms with E-state index < -0.39 is 17.8 Å². The first kappa shape index (κ1) is 22.9. The minimum atomic E-state index is -4.44. The zero-order valence-electron chi connectivity index (χ0n) is 18.6. The summed E-state index contributed by atoms with van der Waals surface area (Å²) >= 11 is 5.76. The highest BCUT2D eigenvalue weighted by Crippen LogP contribution is 2.45. The Kier molecular flexibility index (Phi) is 5.94. The molecule has 5 nitrogen and oxygen atoms in total. The number of para-hydroxylation sites is 2. The first-order valence-electron chi connectivity index (χ1n) is 10.9. The number of ether oxygens (including phenoxy) is 1. The Hall–Kier alpha value is -3.85. The Morgan fingerprint density at radius 1 is 0.971 bits per heavy atom. The van der Waals surface area contributed by atoms with Crippen LogP contribution in [0.5, 0.6) is 5.75 Å². The minimum Gasteiger partial charge on any atom is -0.495 e. The minimum absolute atomic E-state index is 0.354. The van der Waals surface area contributed by atoms with Gasteiger partial charge in [0.2, 0.25) is 0 Å². The van der Waals surface area contributed by atoms with E-state index in [0.29, 0.717) is 16.5 Å². The number of pyridine rings is 1. The van der Waals surface area contributed by atoms with Gasteiger partial charge in [-0.25, -0.2) is 0 Å². The quantitative estimate of drug-likeness (QED) is 0.341. The normalized spacial score (nSPS) is 17.9. The van der Waals surface area contributed by atoms with Gasteiger partial charge in [-0.05, 0) is 66.8 Å². The number of methoxy groups -OCH3 is 1. The summed E-state index contributed by atoms with van der Waals surface area (Å²) in [5, 5.41) is 3.83. The van der Waals surface area contributed by atoms with E-state index in [1.807, 2.05) is 59.5 Å². The Balaban J connectivity index is 1.68. The number of benzene rings is 2. The first-order valence-corrected chi connectivity index (χ1v) is 11.3. The first-order chi connectivity index (χ1) is 16.9. The molecule has 2 aromatic carbocycles. The van der Waals surface area contributed by atoms with E-state index in [9.17, 15) is 13.2 Å². The molecule has 0 aliphatic carbocycles. The molecule has 0 unspecified atom stereocenters. The molecule has 9 heteroatoms. The second kappa shape index (κ2) is 9.07. The number of alkyl halides is 3. The molecular formula is C26H21F3N4OS. The van der Waals surface area contributed by atoms with Crippen molar-refractivity contribution in [3.05, 3.63) is 108 Å². The van der Waals surface area contributed by atoms with Crippen molar-refractivity contribution in [2.24, 2.45) is 0 Å². The average Bonchev–Trinajstić information content (AvgIpc) is 3.48. The van der Waals surface area contributed by atoms with Crippen LogP contribution in [-0.2, 0) is 6.18 Å². The molecule has 1 saturated heterocycles. The summed E-state index contributed by atoms with van der Waals surface area (Å²) in [6, 6.07) is 21.3. The summed E-state index contributed by atoms with van der Waals surface area (Å²) < 4.78 is 47.7. The van der Waals surface area contributed by atoms with Crippen molar-refractivity contribution in [1.29, 1.82) is 0 Å². The van der Waals surface area contributed by atoms with E-state index in [1.165, 1.54) is 6.07 Å². The van der Waals surface area contributed by atoms with Gasteiger partial charge < -0.3 is 19.5 Å². The van der Waals surface area contributed by atoms with Gasteiger partial charge in [0.1, 0.15) is 11.8 Å². The number of nitrogens with zero attached hydrogens (tertiary/aromatic N) is 3. The predicted octanol–water partition coefficient (Wildman–Crippen LogP) is 6.08. The van der Waals surface area contributed by atoms with Crippen LogP contribution >= 0.6 is 12.2 Å². The highest BCUT2D eigenvalue weighted by Gasteiger charge is 2.43. The SMILES string of the molecule is COc1ccccc1N1C(=S)N[C@@H](c2ccccn2)[C@@H]1c1cccn1-c1cccc(C(F)(F)F)c1. The summed E-state index contributed by atoms with van der Waals surface area (Å²) in [7, 11) is 1.59. The maximum atomic E-state index is 13.4. The van der Waals surface area contributed by atoms with Crippen LogP contribution in [0, 0.1) is 0 Å². The lowest BCUT2D eigenvalue weighted by Crippen LogP contribution is -2.30. The molecule has 0 radical (unpaired) electrons. The van der Waals surface area contributed by atoms with Gasteiger partial charge in [-0.1, -0.05) is 24.3 Å². The molecule has 0 amide bonds. The third-order valence-electron chi connectivity index (χ3n) is 5.98. The summed E-state index contributed by atoms with van der Waals surface area (Å²) in [5.41, 5.74) is 1.94. The maximum Gasteiger partial charge on any atom is 0.416 e. The Morgan fingerprint density at radius 2 is 1.77 bits per heavy atom. The zero-order chi connectivity index (χ0) is 24.6. The van der Waals surface area contributed by atoms with Crippen molar-refractivity contribution >= 4 is 23.0 Å². The number of hydrogen-bond donors (Lipinski definition) is 1. The van der Waals surface area contributed by atoms with Gasteiger partial charge in [-0.15, -0.1) is 0 Å². The van der Waals surface area contributed by atoms with Crippen LogP contribution in [0.1, 0.15) is 29.0 Å². The summed E-state index contributed by atoms with van der Waals surface area (Å²) in [6.07, 6.45) is -0.990. The summed E-state index contributed by atoms with van der Waals surface area (Å²) in [6.45, 7) is 0. The van der Waals surface area contributed by atoms with Crippen LogP contribution in [-0.4, -0.2) is 21.8 Å². The number of nitrogens with one attached hydrogen (secondary N) is 1. The highest BCUT2D eigenvalue weighted by atomic mass is 32.1. The number of halogens is 3. The summed E-state index contributed by atoms with van der Waals surface area (Å²) in [4.78, 5) is 6.47. The Morgan fingerprint density at radius 3 is 2.51 bits per heavy atom. The molecule has 4 aromatic rings. The van der Waals surface area contributed by atoms with Crippen LogP contribution in [0.15, 0.2) is 91.3 Å². The van der Waals surface area contributed by atoms with Gasteiger partial charge in [-0.3, -0.25) is 4.98 Å². The van der Waals surface area contributed by atoms with Gasteiger partial charge in [0.05, 0.1) is 30.1 Å². The van der Waals surface area contributed by atoms with Crippen LogP contribution in [0.25, 0.3) is 5.69 Å². The van der Waals surface area contributed by atoms with Gasteiger partial charge in [0.15, 0.2) is 5.11 Å². The molecule has 35 heavy (non-hydrogen) atoms. The molecular weight excluding hydrogens is 473 g/mol. The average molecular weight is 495 g/mol. The molecule has 0 saturated carbocycles. The van der Waals surface area contributed by atoms with Crippen molar-refractivity contribution in [2.45, 2.75) is 18.3 Å². The largest absolute Gasteiger partial charge is 0.495 e. The molecule has 1 N–H and O–H groups in total. The molecule has 1 aliphatic rings. The predicted molar refractivity (Wildman–Crippen MR) is 132 cm³/mol. The Labute approximate surface area is 205 Å². The van der Waals surface area contributed by atoms with E-state index in [4.69, 9.17) is 17.0 Å². The fraction of sp³-hybridized carbons (Fsp3) is 0.154. The van der Waals surface area contributed by atoms with Crippen molar-refractivity contribution in [3.63, 3.8) is 0 Å². The van der Waals surface area contributed by atoms with Crippen LogP contribution in [0.3, 0.4) is 0 Å². The van der Waals surface area contributed by atoms with Crippen molar-refractivity contribution in [3.8, 4) is 11.4 Å². The van der Waals surface area contributed by atoms with Gasteiger partial charge in [-0.2, -0.15) is 13.2 Å². The fourth-order valence-electron chi connectivity index (χ4n) is 4.45. The van der Waals surface area contributed by atoms with Gasteiger partial charge in [0, 0.05) is 23.8 Å². The van der Waals surface area contributed by atoms with Crippen molar-refractivity contribution < 1.29 is 17.9 Å². The molecule has 3 heterocycles. The molecule has 0 spiro atoms. The summed E-state index contributed by atoms with van der Waals surface area (Å²) in [5.74, 6) is 0.625. The van der Waals surface area contributed by atoms with E-state index in [-0.39, 0.29) is 6.04 Å². The number of thiocarbonyl (C=S) groups is 1. The Bertz CT molecular complexity index is 1360. The molecule has 0 bridgehead atoms. The van der Waals surface area contributed by atoms with E-state index in [1.54, 1.807) is 30.1 Å². The number of aromatic nitrogens is 2. The monoisotopic (exact) mass is 494 g/mol. The molecule has 2 atom stereocenters. The third-order valence-corrected chi connectivity index (χ3v) is 6.29. The van der Waals surface area contributed by atoms with Gasteiger partial charge >= 0.3 is 6.18 Å². The molecule has 2 aromatic heterocycles. The van der Waals surface area contributed by atoms with Crippen molar-refractivity contribution in [1.82, 2.24) is 14.9 Å². The molecule has 1 aliphatic heterocycles. The van der Waals surface area contributed by atoms with E-state index in [2.05, 4.69) is 10.3 Å². The second-order valence-electron chi connectivity index (χ2n) is 8.02. The number of rotatable bonds is 5. The molecule has 1 fully saturated rings. The van der Waals surface area contributed by atoms with Gasteiger partial charge in [0.25, 0.3) is 0 Å². The molecule has 5 rings (SSSR count). The maximum absolute atomic E-state index is 13.4. The third kappa shape index (κ3) is 4.23. The highest BCUT2D eigenvalue weighted by molar-refractivity contribution is 7.80. The van der Waals surface area contributed by atoms with E-state index in [0.717, 1.165) is 29.2 Å². The standard InChI is InChI=1S/C26H21F3N4OS/c1-34-22-13-3-2-11-20(22)33-24(23(31-25(33)35)19-10-4-5-14-30-19)21-12-7-15-32(21)18-9-6-8-17(16-18)26(27,28)29/h2-16,23-24H,1H3,(H,31,35)/t23-,24-/m0/s1. The smallest absolute Gasteiger partial charge is 0.416 e. The second-order valence-corrected chi connectivity index (χ2v) is 8.41. The topological polar surface area (TPSA) is 42.3 Å². The van der Waals surface area contributed by atoms with Crippen LogP contribution in [0.2, 0.25) is 0 Å².